The van der Waals surface area contributed by atoms with Gasteiger partial charge < -0.3 is 27.9 Å². The zero-order valence-electron chi connectivity index (χ0n) is 46.7. The molecule has 12 heteroatoms. The van der Waals surface area contributed by atoms with Crippen LogP contribution >= 0.6 is 34.3 Å². The molecule has 0 saturated carbocycles. The summed E-state index contributed by atoms with van der Waals surface area (Å²) in [6, 6.07) is 64.5. The third-order valence-corrected chi connectivity index (χ3v) is 19.4. The lowest BCUT2D eigenvalue weighted by molar-refractivity contribution is 0.00578. The van der Waals surface area contributed by atoms with Gasteiger partial charge in [-0.2, -0.15) is 0 Å². The highest BCUT2D eigenvalue weighted by Crippen LogP contribution is 2.46. The van der Waals surface area contributed by atoms with E-state index in [-0.39, 0.29) is 41.0 Å². The van der Waals surface area contributed by atoms with Crippen LogP contribution in [0.4, 0.5) is 0 Å². The van der Waals surface area contributed by atoms with Gasteiger partial charge in [-0.25, -0.2) is 0 Å². The Hall–Kier alpha value is -5.56. The maximum atomic E-state index is 6.48. The van der Waals surface area contributed by atoms with E-state index in [0.717, 1.165) is 21.6 Å². The number of halogens is 1. The van der Waals surface area contributed by atoms with Crippen molar-refractivity contribution in [3.05, 3.63) is 187 Å². The van der Waals surface area contributed by atoms with Gasteiger partial charge in [-0.1, -0.05) is 165 Å². The third-order valence-electron chi connectivity index (χ3n) is 16.8. The number of hydrogen-bond donors (Lipinski definition) is 0. The fraction of sp³-hybridized carbons (Fsp3) is 0.284. The molecule has 3 saturated heterocycles. The molecule has 3 aliphatic heterocycles. The van der Waals surface area contributed by atoms with Crippen molar-refractivity contribution in [2.24, 2.45) is 0 Å². The first-order valence-electron chi connectivity index (χ1n) is 26.9. The van der Waals surface area contributed by atoms with Gasteiger partial charge in [0, 0.05) is 45.4 Å². The van der Waals surface area contributed by atoms with E-state index >= 15 is 0 Å². The molecule has 0 bridgehead atoms. The Balaban J connectivity index is 0.000000140. The second kappa shape index (κ2) is 21.4. The Bertz CT molecular complexity index is 3750. The van der Waals surface area contributed by atoms with Gasteiger partial charge in [-0.05, 0) is 169 Å². The van der Waals surface area contributed by atoms with E-state index in [1.807, 2.05) is 90.2 Å². The third kappa shape index (κ3) is 10.9. The highest BCUT2D eigenvalue weighted by atomic mass is 35.5. The minimum atomic E-state index is -0.476. The molecule has 0 radical (unpaired) electrons. The molecule has 0 amide bonds. The molecule has 5 heterocycles. The smallest absolute Gasteiger partial charge is 0.405 e. The SMILES string of the molecule is C.CC1(C)OB(B2OC(C)(C)C(C)(C)O2)OC1(C)C.CC1(C)OB(c2cc(-c3ccccc3)cc(-c3cccc4c3sc3ccccc34)c2)OC1(C)C.Clc1cc(-c2ccccc2)cc(-c2cccc3c2sc2ccccc23)c1. The monoisotopic (exact) mass is 1100 g/mol. The lowest BCUT2D eigenvalue weighted by atomic mass is 9.49. The molecule has 13 rings (SSSR count). The van der Waals surface area contributed by atoms with Crippen LogP contribution in [0.1, 0.15) is 90.5 Å². The van der Waals surface area contributed by atoms with Gasteiger partial charge in [0.2, 0.25) is 0 Å². The molecule has 0 aliphatic carbocycles. The van der Waals surface area contributed by atoms with Crippen LogP contribution in [0.25, 0.3) is 84.9 Å². The van der Waals surface area contributed by atoms with Crippen LogP contribution in [0.15, 0.2) is 182 Å². The lowest BCUT2D eigenvalue weighted by Gasteiger charge is -2.32. The van der Waals surface area contributed by atoms with Crippen molar-refractivity contribution in [2.45, 2.75) is 124 Å². The molecular formula is C67H70B3ClO6S2. The average Bonchev–Trinajstić information content (AvgIpc) is 4.37. The van der Waals surface area contributed by atoms with Crippen molar-refractivity contribution in [1.82, 2.24) is 0 Å². The number of hydrogen-bond acceptors (Lipinski definition) is 8. The number of benzene rings is 8. The molecule has 0 spiro atoms. The summed E-state index contributed by atoms with van der Waals surface area (Å²) in [5, 5.41) is 6.01. The number of rotatable bonds is 6. The Kier molecular flexibility index (Phi) is 15.4. The van der Waals surface area contributed by atoms with E-state index in [4.69, 9.17) is 39.5 Å². The molecule has 10 aromatic rings. The van der Waals surface area contributed by atoms with Gasteiger partial charge in [0.1, 0.15) is 0 Å². The summed E-state index contributed by atoms with van der Waals surface area (Å²) in [7, 11) is -1.36. The number of thiophene rings is 2. The highest BCUT2D eigenvalue weighted by molar-refractivity contribution is 7.26. The van der Waals surface area contributed by atoms with E-state index < -0.39 is 21.1 Å². The molecule has 3 fully saturated rings. The van der Waals surface area contributed by atoms with E-state index in [1.54, 1.807) is 0 Å². The normalized spacial score (nSPS) is 18.3. The summed E-state index contributed by atoms with van der Waals surface area (Å²) in [5.41, 5.74) is 8.35. The van der Waals surface area contributed by atoms with Crippen molar-refractivity contribution in [3.63, 3.8) is 0 Å². The van der Waals surface area contributed by atoms with Crippen LogP contribution in [0.2, 0.25) is 5.02 Å². The molecule has 0 N–H and O–H groups in total. The zero-order valence-corrected chi connectivity index (χ0v) is 49.1. The Morgan fingerprint density at radius 2 is 0.658 bits per heavy atom. The fourth-order valence-electron chi connectivity index (χ4n) is 10.2. The Labute approximate surface area is 481 Å². The first kappa shape index (κ1) is 56.7. The van der Waals surface area contributed by atoms with Gasteiger partial charge in [0.25, 0.3) is 0 Å². The van der Waals surface area contributed by atoms with Gasteiger partial charge in [0.15, 0.2) is 0 Å². The fourth-order valence-corrected chi connectivity index (χ4v) is 12.9. The Morgan fingerprint density at radius 3 is 1.09 bits per heavy atom. The molecule has 8 aromatic carbocycles. The molecule has 0 atom stereocenters. The van der Waals surface area contributed by atoms with Gasteiger partial charge >= 0.3 is 21.1 Å². The van der Waals surface area contributed by atoms with Crippen LogP contribution in [0.3, 0.4) is 0 Å². The molecule has 2 aromatic heterocycles. The van der Waals surface area contributed by atoms with E-state index in [9.17, 15) is 0 Å². The summed E-state index contributed by atoms with van der Waals surface area (Å²) >= 11 is 10.2. The largest absolute Gasteiger partial charge is 0.494 e. The number of fused-ring (bicyclic) bond motifs is 6. The predicted molar refractivity (Wildman–Crippen MR) is 340 cm³/mol. The molecule has 79 heavy (non-hydrogen) atoms. The quantitative estimate of drug-likeness (QED) is 0.155. The summed E-state index contributed by atoms with van der Waals surface area (Å²) in [6.45, 7) is 24.6. The summed E-state index contributed by atoms with van der Waals surface area (Å²) in [5.74, 6) is 0. The van der Waals surface area contributed by atoms with Gasteiger partial charge in [-0.3, -0.25) is 0 Å². The van der Waals surface area contributed by atoms with E-state index in [1.165, 1.54) is 73.7 Å². The van der Waals surface area contributed by atoms with Crippen LogP contribution < -0.4 is 5.46 Å². The lowest BCUT2D eigenvalue weighted by Crippen LogP contribution is -2.41. The van der Waals surface area contributed by atoms with Crippen molar-refractivity contribution in [2.75, 3.05) is 0 Å². The summed E-state index contributed by atoms with van der Waals surface area (Å²) < 4.78 is 42.0. The van der Waals surface area contributed by atoms with Crippen molar-refractivity contribution < 1.29 is 27.9 Å². The van der Waals surface area contributed by atoms with Crippen LogP contribution in [-0.2, 0) is 27.9 Å². The van der Waals surface area contributed by atoms with Crippen molar-refractivity contribution >= 4 is 101 Å². The van der Waals surface area contributed by atoms with Gasteiger partial charge in [-0.15, -0.1) is 22.7 Å². The maximum Gasteiger partial charge on any atom is 0.494 e. The van der Waals surface area contributed by atoms with Crippen molar-refractivity contribution in [3.8, 4) is 44.5 Å². The van der Waals surface area contributed by atoms with Crippen LogP contribution in [-0.4, -0.2) is 54.7 Å². The first-order chi connectivity index (χ1) is 37.0. The van der Waals surface area contributed by atoms with E-state index in [0.29, 0.717) is 0 Å². The molecule has 402 valence electrons. The van der Waals surface area contributed by atoms with Crippen LogP contribution in [0, 0.1) is 0 Å². The standard InChI is InChI=1S/C30H27BO2S.C24H15ClS.C12H24B2O4.CH4/c1-29(2)30(3,4)33-31(32-29)23-18-21(20-11-6-5-7-12-20)17-22(19-23)24-14-10-15-26-25-13-8-9-16-27(25)34-28(24)26;25-19-14-17(16-7-2-1-3-8-16)13-18(15-19)20-10-6-11-22-21-9-4-5-12-23(21)26-24(20)22;1-9(2)10(3,4)16-13(15-9)14-17-11(5,6)12(7,8)18-14;/h5-19H,1-4H3;1-15H;1-8H3;1H4. The maximum absolute atomic E-state index is 6.48. The van der Waals surface area contributed by atoms with Gasteiger partial charge in [0.05, 0.1) is 33.6 Å². The molecule has 3 aliphatic rings. The minimum absolute atomic E-state index is 0. The topological polar surface area (TPSA) is 55.4 Å². The van der Waals surface area contributed by atoms with Crippen LogP contribution in [0.5, 0.6) is 0 Å². The molecule has 6 nitrogen and oxygen atoms in total. The zero-order chi connectivity index (χ0) is 55.0. The average molecular weight is 1100 g/mol. The second-order valence-electron chi connectivity index (χ2n) is 23.7. The second-order valence-corrected chi connectivity index (χ2v) is 26.2. The van der Waals surface area contributed by atoms with E-state index in [2.05, 4.69) is 198 Å². The summed E-state index contributed by atoms with van der Waals surface area (Å²) in [6.07, 6.45) is 0. The Morgan fingerprint density at radius 1 is 0.329 bits per heavy atom. The minimum Gasteiger partial charge on any atom is -0.405 e. The predicted octanol–water partition coefficient (Wildman–Crippen LogP) is 18.6. The molecular weight excluding hydrogens is 1030 g/mol. The molecule has 0 unspecified atom stereocenters. The summed E-state index contributed by atoms with van der Waals surface area (Å²) in [4.78, 5) is 0. The van der Waals surface area contributed by atoms with Crippen molar-refractivity contribution in [1.29, 1.82) is 0 Å². The first-order valence-corrected chi connectivity index (χ1v) is 29.0. The highest BCUT2D eigenvalue weighted by Gasteiger charge is 2.63.